The van der Waals surface area contributed by atoms with E-state index in [1.807, 2.05) is 6.92 Å². The average molecular weight is 168 g/mol. The SMILES string of the molecule is CCC(C#N)NOC1CCCC1. The van der Waals surface area contributed by atoms with Crippen molar-refractivity contribution in [2.75, 3.05) is 0 Å². The zero-order valence-electron chi connectivity index (χ0n) is 7.55. The average Bonchev–Trinajstić information content (AvgIpc) is 2.59. The molecule has 0 aromatic rings. The number of hydroxylamine groups is 1. The zero-order chi connectivity index (χ0) is 8.81. The predicted octanol–water partition coefficient (Wildman–Crippen LogP) is 1.75. The zero-order valence-corrected chi connectivity index (χ0v) is 7.55. The van der Waals surface area contributed by atoms with Gasteiger partial charge >= 0.3 is 0 Å². The van der Waals surface area contributed by atoms with Crippen molar-refractivity contribution in [3.05, 3.63) is 0 Å². The summed E-state index contributed by atoms with van der Waals surface area (Å²) in [5.41, 5.74) is 2.80. The summed E-state index contributed by atoms with van der Waals surface area (Å²) in [5.74, 6) is 0. The molecule has 0 radical (unpaired) electrons. The molecule has 0 saturated heterocycles. The van der Waals surface area contributed by atoms with Crippen molar-refractivity contribution in [3.63, 3.8) is 0 Å². The summed E-state index contributed by atoms with van der Waals surface area (Å²) in [6.07, 6.45) is 5.92. The summed E-state index contributed by atoms with van der Waals surface area (Å²) in [6, 6.07) is 1.99. The third-order valence-electron chi connectivity index (χ3n) is 2.24. The molecule has 1 aliphatic rings. The van der Waals surface area contributed by atoms with Crippen molar-refractivity contribution < 1.29 is 4.84 Å². The molecule has 1 atom stereocenters. The third kappa shape index (κ3) is 2.80. The molecular formula is C9H16N2O. The fourth-order valence-electron chi connectivity index (χ4n) is 1.39. The quantitative estimate of drug-likeness (QED) is 0.650. The Morgan fingerprint density at radius 1 is 1.58 bits per heavy atom. The fraction of sp³-hybridized carbons (Fsp3) is 0.889. The van der Waals surface area contributed by atoms with Crippen LogP contribution in [0.4, 0.5) is 0 Å². The molecule has 0 aromatic heterocycles. The highest BCUT2D eigenvalue weighted by atomic mass is 16.7. The molecule has 0 heterocycles. The minimum absolute atomic E-state index is 0.148. The van der Waals surface area contributed by atoms with Crippen LogP contribution in [0.1, 0.15) is 39.0 Å². The molecule has 68 valence electrons. The van der Waals surface area contributed by atoms with E-state index < -0.39 is 0 Å². The van der Waals surface area contributed by atoms with Crippen molar-refractivity contribution in [2.24, 2.45) is 0 Å². The summed E-state index contributed by atoms with van der Waals surface area (Å²) in [4.78, 5) is 5.37. The van der Waals surface area contributed by atoms with E-state index in [4.69, 9.17) is 10.1 Å². The summed E-state index contributed by atoms with van der Waals surface area (Å²) in [6.45, 7) is 1.97. The van der Waals surface area contributed by atoms with Crippen LogP contribution in [0.3, 0.4) is 0 Å². The van der Waals surface area contributed by atoms with Crippen LogP contribution in [0, 0.1) is 11.3 Å². The second kappa shape index (κ2) is 5.13. The second-order valence-electron chi connectivity index (χ2n) is 3.23. The number of hydrogen-bond donors (Lipinski definition) is 1. The smallest absolute Gasteiger partial charge is 0.118 e. The maximum atomic E-state index is 8.61. The van der Waals surface area contributed by atoms with Crippen LogP contribution in [-0.2, 0) is 4.84 Å². The molecule has 1 fully saturated rings. The lowest BCUT2D eigenvalue weighted by Crippen LogP contribution is -2.30. The van der Waals surface area contributed by atoms with Crippen LogP contribution >= 0.6 is 0 Å². The van der Waals surface area contributed by atoms with Gasteiger partial charge in [-0.1, -0.05) is 19.8 Å². The molecule has 12 heavy (non-hydrogen) atoms. The highest BCUT2D eigenvalue weighted by Crippen LogP contribution is 2.19. The van der Waals surface area contributed by atoms with Crippen LogP contribution in [0.5, 0.6) is 0 Å². The molecule has 0 bridgehead atoms. The number of nitrogens with one attached hydrogen (secondary N) is 1. The summed E-state index contributed by atoms with van der Waals surface area (Å²) in [5, 5.41) is 8.61. The van der Waals surface area contributed by atoms with E-state index in [0.29, 0.717) is 6.10 Å². The molecule has 0 spiro atoms. The Kier molecular flexibility index (Phi) is 4.06. The monoisotopic (exact) mass is 168 g/mol. The lowest BCUT2D eigenvalue weighted by Gasteiger charge is -2.13. The lowest BCUT2D eigenvalue weighted by molar-refractivity contribution is -0.0314. The lowest BCUT2D eigenvalue weighted by atomic mass is 10.3. The van der Waals surface area contributed by atoms with Crippen molar-refractivity contribution in [2.45, 2.75) is 51.2 Å². The van der Waals surface area contributed by atoms with Gasteiger partial charge in [-0.2, -0.15) is 10.7 Å². The van der Waals surface area contributed by atoms with Gasteiger partial charge in [0, 0.05) is 0 Å². The molecule has 1 N–H and O–H groups in total. The van der Waals surface area contributed by atoms with E-state index in [-0.39, 0.29) is 6.04 Å². The third-order valence-corrected chi connectivity index (χ3v) is 2.24. The standard InChI is InChI=1S/C9H16N2O/c1-2-8(7-10)11-12-9-5-3-4-6-9/h8-9,11H,2-6H2,1H3. The Morgan fingerprint density at radius 2 is 2.25 bits per heavy atom. The first kappa shape index (κ1) is 9.50. The van der Waals surface area contributed by atoms with Crippen molar-refractivity contribution in [3.8, 4) is 6.07 Å². The molecule has 3 nitrogen and oxygen atoms in total. The molecule has 1 aliphatic carbocycles. The largest absolute Gasteiger partial charge is 0.297 e. The van der Waals surface area contributed by atoms with E-state index in [1.54, 1.807) is 0 Å². The maximum Gasteiger partial charge on any atom is 0.118 e. The van der Waals surface area contributed by atoms with Gasteiger partial charge in [-0.3, -0.25) is 4.84 Å². The van der Waals surface area contributed by atoms with E-state index in [0.717, 1.165) is 19.3 Å². The molecule has 1 rings (SSSR count). The Hall–Kier alpha value is -0.590. The Morgan fingerprint density at radius 3 is 2.75 bits per heavy atom. The van der Waals surface area contributed by atoms with E-state index in [2.05, 4.69) is 11.5 Å². The van der Waals surface area contributed by atoms with Gasteiger partial charge in [0.2, 0.25) is 0 Å². The second-order valence-corrected chi connectivity index (χ2v) is 3.23. The fourth-order valence-corrected chi connectivity index (χ4v) is 1.39. The predicted molar refractivity (Wildman–Crippen MR) is 46.2 cm³/mol. The topological polar surface area (TPSA) is 45.0 Å². The molecule has 0 aliphatic heterocycles. The summed E-state index contributed by atoms with van der Waals surface area (Å²) in [7, 11) is 0. The summed E-state index contributed by atoms with van der Waals surface area (Å²) < 4.78 is 0. The minimum Gasteiger partial charge on any atom is -0.297 e. The van der Waals surface area contributed by atoms with Crippen LogP contribution in [0.25, 0.3) is 0 Å². The van der Waals surface area contributed by atoms with Crippen molar-refractivity contribution in [1.29, 1.82) is 5.26 Å². The van der Waals surface area contributed by atoms with Crippen molar-refractivity contribution >= 4 is 0 Å². The van der Waals surface area contributed by atoms with Gasteiger partial charge in [-0.05, 0) is 19.3 Å². The van der Waals surface area contributed by atoms with Gasteiger partial charge in [0.25, 0.3) is 0 Å². The van der Waals surface area contributed by atoms with E-state index in [9.17, 15) is 0 Å². The van der Waals surface area contributed by atoms with Gasteiger partial charge < -0.3 is 0 Å². The van der Waals surface area contributed by atoms with E-state index >= 15 is 0 Å². The molecule has 1 saturated carbocycles. The van der Waals surface area contributed by atoms with Gasteiger partial charge in [-0.25, -0.2) is 0 Å². The number of nitrogens with zero attached hydrogens (tertiary/aromatic N) is 1. The highest BCUT2D eigenvalue weighted by molar-refractivity contribution is 4.86. The van der Waals surface area contributed by atoms with Crippen molar-refractivity contribution in [1.82, 2.24) is 5.48 Å². The van der Waals surface area contributed by atoms with Crippen LogP contribution in [0.15, 0.2) is 0 Å². The van der Waals surface area contributed by atoms with Gasteiger partial charge in [0.15, 0.2) is 0 Å². The molecular weight excluding hydrogens is 152 g/mol. The molecule has 0 amide bonds. The maximum absolute atomic E-state index is 8.61. The molecule has 1 unspecified atom stereocenters. The van der Waals surface area contributed by atoms with Gasteiger partial charge in [0.05, 0.1) is 12.2 Å². The normalized spacial score (nSPS) is 20.7. The highest BCUT2D eigenvalue weighted by Gasteiger charge is 2.16. The van der Waals surface area contributed by atoms with Crippen LogP contribution in [-0.4, -0.2) is 12.1 Å². The number of nitriles is 1. The first-order valence-corrected chi connectivity index (χ1v) is 4.67. The first-order chi connectivity index (χ1) is 5.86. The molecule has 0 aromatic carbocycles. The van der Waals surface area contributed by atoms with E-state index in [1.165, 1.54) is 12.8 Å². The number of rotatable bonds is 4. The molecule has 3 heteroatoms. The number of hydrogen-bond acceptors (Lipinski definition) is 3. The first-order valence-electron chi connectivity index (χ1n) is 4.67. The minimum atomic E-state index is -0.148. The van der Waals surface area contributed by atoms with Gasteiger partial charge in [0.1, 0.15) is 6.04 Å². The van der Waals surface area contributed by atoms with Gasteiger partial charge in [-0.15, -0.1) is 0 Å². The Labute approximate surface area is 73.7 Å². The van der Waals surface area contributed by atoms with Crippen LogP contribution in [0.2, 0.25) is 0 Å². The summed E-state index contributed by atoms with van der Waals surface area (Å²) >= 11 is 0. The van der Waals surface area contributed by atoms with Crippen LogP contribution < -0.4 is 5.48 Å². The Balaban J connectivity index is 2.11. The Bertz CT molecular complexity index is 158.